The van der Waals surface area contributed by atoms with Crippen molar-refractivity contribution in [2.24, 2.45) is 5.73 Å². The van der Waals surface area contributed by atoms with Crippen LogP contribution in [0.4, 0.5) is 45.3 Å². The lowest BCUT2D eigenvalue weighted by Gasteiger charge is -2.33. The molecule has 12 nitrogen and oxygen atoms in total. The Morgan fingerprint density at radius 3 is 1.89 bits per heavy atom. The first-order valence-corrected chi connectivity index (χ1v) is 12.1. The summed E-state index contributed by atoms with van der Waals surface area (Å²) >= 11 is 0. The number of aromatic nitrogens is 2. The summed E-state index contributed by atoms with van der Waals surface area (Å²) in [6, 6.07) is 5.13. The summed E-state index contributed by atoms with van der Waals surface area (Å²) < 4.78 is 101. The second-order valence-corrected chi connectivity index (χ2v) is 9.02. The number of alkyl halides is 9. The van der Waals surface area contributed by atoms with Gasteiger partial charge in [0.25, 0.3) is 5.91 Å². The Kier molecular flexibility index (Phi) is 13.0. The number of nitrogens with zero attached hydrogens (tertiary/aromatic N) is 2. The van der Waals surface area contributed by atoms with E-state index in [1.54, 1.807) is 12.1 Å². The molecule has 0 spiro atoms. The number of guanidine groups is 1. The van der Waals surface area contributed by atoms with Gasteiger partial charge in [-0.3, -0.25) is 10.2 Å². The Balaban J connectivity index is 0.000000574. The maximum Gasteiger partial charge on any atom is 0.490 e. The number of benzene rings is 1. The van der Waals surface area contributed by atoms with E-state index in [9.17, 15) is 44.3 Å². The maximum atomic E-state index is 12.5. The standard InChI is InChI=1S/C19H24F3N7O.2C2HF3O2/c1-10-6-7-12-11(8-10)15(27-13-4-2-3-5-14(13)28-18(23)24)29-16(26-12)17(30)25-9-19(20,21)22;2*3-2(4,5)1(6)7/h6-8,13-14H,2-5,9H2,1H3,(H,25,30)(H4,23,24,28)(H,26,27,29);2*(H,6,7). The van der Waals surface area contributed by atoms with E-state index in [4.69, 9.17) is 30.9 Å². The van der Waals surface area contributed by atoms with E-state index in [1.165, 1.54) is 0 Å². The number of aliphatic carboxylic acids is 2. The number of aryl methyl sites for hydroxylation is 1. The number of amides is 1. The van der Waals surface area contributed by atoms with Crippen LogP contribution >= 0.6 is 0 Å². The van der Waals surface area contributed by atoms with Crippen LogP contribution in [-0.2, 0) is 9.59 Å². The lowest BCUT2D eigenvalue weighted by molar-refractivity contribution is -0.193. The zero-order valence-corrected chi connectivity index (χ0v) is 22.4. The van der Waals surface area contributed by atoms with Gasteiger partial charge in [-0.2, -0.15) is 39.5 Å². The lowest BCUT2D eigenvalue weighted by atomic mass is 9.90. The Morgan fingerprint density at radius 2 is 1.43 bits per heavy atom. The Morgan fingerprint density at radius 1 is 0.932 bits per heavy atom. The molecule has 0 radical (unpaired) electrons. The molecular weight excluding hydrogens is 625 g/mol. The summed E-state index contributed by atoms with van der Waals surface area (Å²) in [5.74, 6) is -6.63. The third kappa shape index (κ3) is 13.2. The number of hydrogen-bond donors (Lipinski definition) is 7. The van der Waals surface area contributed by atoms with Gasteiger partial charge in [0, 0.05) is 17.5 Å². The van der Waals surface area contributed by atoms with Gasteiger partial charge in [-0.25, -0.2) is 19.6 Å². The lowest BCUT2D eigenvalue weighted by Crippen LogP contribution is -2.50. The maximum absolute atomic E-state index is 12.5. The fraction of sp³-hybridized carbons (Fsp3) is 0.478. The first kappa shape index (κ1) is 37.4. The van der Waals surface area contributed by atoms with Gasteiger partial charge in [0.05, 0.1) is 5.52 Å². The second-order valence-electron chi connectivity index (χ2n) is 9.02. The van der Waals surface area contributed by atoms with Crippen LogP contribution in [0.5, 0.6) is 0 Å². The number of nitrogens with one attached hydrogen (secondary N) is 4. The molecule has 1 aliphatic carbocycles. The minimum Gasteiger partial charge on any atom is -0.475 e. The van der Waals surface area contributed by atoms with Crippen molar-refractivity contribution in [1.82, 2.24) is 20.6 Å². The zero-order valence-electron chi connectivity index (χ0n) is 22.4. The molecule has 1 aliphatic rings. The summed E-state index contributed by atoms with van der Waals surface area (Å²) in [6.07, 6.45) is -11.2. The third-order valence-corrected chi connectivity index (χ3v) is 5.42. The molecule has 0 bridgehead atoms. The van der Waals surface area contributed by atoms with Crippen molar-refractivity contribution in [2.45, 2.75) is 63.2 Å². The molecule has 2 atom stereocenters. The van der Waals surface area contributed by atoms with Crippen molar-refractivity contribution in [3.05, 3.63) is 29.6 Å². The van der Waals surface area contributed by atoms with Crippen molar-refractivity contribution < 1.29 is 64.1 Å². The molecule has 2 unspecified atom stereocenters. The number of carboxylic acid groups (broad SMARTS) is 2. The number of rotatable bonds is 5. The first-order chi connectivity index (χ1) is 20.0. The summed E-state index contributed by atoms with van der Waals surface area (Å²) in [4.78, 5) is 38.4. The fourth-order valence-electron chi connectivity index (χ4n) is 3.57. The quantitative estimate of drug-likeness (QED) is 0.142. The van der Waals surface area contributed by atoms with Crippen LogP contribution in [0.2, 0.25) is 0 Å². The van der Waals surface area contributed by atoms with E-state index in [0.29, 0.717) is 16.7 Å². The molecule has 1 saturated carbocycles. The van der Waals surface area contributed by atoms with Crippen LogP contribution in [0.25, 0.3) is 10.9 Å². The van der Waals surface area contributed by atoms with Gasteiger partial charge in [-0.1, -0.05) is 24.5 Å². The van der Waals surface area contributed by atoms with E-state index in [2.05, 4.69) is 20.6 Å². The highest BCUT2D eigenvalue weighted by Gasteiger charge is 2.39. The van der Waals surface area contributed by atoms with Crippen LogP contribution in [0, 0.1) is 12.3 Å². The molecule has 2 aromatic rings. The summed E-state index contributed by atoms with van der Waals surface area (Å²) in [7, 11) is 0. The molecule has 44 heavy (non-hydrogen) atoms. The number of hydrogen-bond acceptors (Lipinski definition) is 7. The average Bonchev–Trinajstić information content (AvgIpc) is 2.87. The van der Waals surface area contributed by atoms with Gasteiger partial charge in [0.2, 0.25) is 5.82 Å². The van der Waals surface area contributed by atoms with Crippen LogP contribution in [0.1, 0.15) is 41.9 Å². The van der Waals surface area contributed by atoms with E-state index in [-0.39, 0.29) is 23.9 Å². The highest BCUT2D eigenvalue weighted by molar-refractivity contribution is 5.96. The molecule has 0 aliphatic heterocycles. The SMILES string of the molecule is Cc1ccc2nc(C(=O)NCC(F)(F)F)nc(NC3CCCCC3NC(=N)N)c2c1.O=C(O)C(F)(F)F.O=C(O)C(F)(F)F. The number of carbonyl (C=O) groups is 3. The highest BCUT2D eigenvalue weighted by Crippen LogP contribution is 2.27. The molecule has 8 N–H and O–H groups in total. The molecule has 0 saturated heterocycles. The van der Waals surface area contributed by atoms with Crippen molar-refractivity contribution in [3.63, 3.8) is 0 Å². The van der Waals surface area contributed by atoms with Crippen LogP contribution in [0.3, 0.4) is 0 Å². The van der Waals surface area contributed by atoms with E-state index in [0.717, 1.165) is 31.2 Å². The predicted molar refractivity (Wildman–Crippen MR) is 135 cm³/mol. The van der Waals surface area contributed by atoms with E-state index < -0.39 is 42.9 Å². The first-order valence-electron chi connectivity index (χ1n) is 12.1. The van der Waals surface area contributed by atoms with Gasteiger partial charge in [0.15, 0.2) is 5.96 Å². The zero-order chi connectivity index (χ0) is 34.0. The van der Waals surface area contributed by atoms with Crippen molar-refractivity contribution in [1.29, 1.82) is 5.41 Å². The normalized spacial score (nSPS) is 16.8. The molecule has 1 amide bonds. The van der Waals surface area contributed by atoms with Gasteiger partial charge in [-0.05, 0) is 31.9 Å². The van der Waals surface area contributed by atoms with Gasteiger partial charge >= 0.3 is 30.5 Å². The third-order valence-electron chi connectivity index (χ3n) is 5.42. The number of carboxylic acids is 2. The van der Waals surface area contributed by atoms with E-state index in [1.807, 2.05) is 18.3 Å². The largest absolute Gasteiger partial charge is 0.490 e. The molecular formula is C23H26F9N7O5. The van der Waals surface area contributed by atoms with Crippen molar-refractivity contribution >= 4 is 40.5 Å². The minimum atomic E-state index is -5.08. The summed E-state index contributed by atoms with van der Waals surface area (Å²) in [6.45, 7) is 0.436. The molecule has 1 aromatic carbocycles. The van der Waals surface area contributed by atoms with Crippen molar-refractivity contribution in [2.75, 3.05) is 11.9 Å². The number of nitrogens with two attached hydrogens (primary N) is 1. The average molecular weight is 651 g/mol. The molecule has 1 aromatic heterocycles. The summed E-state index contributed by atoms with van der Waals surface area (Å²) in [5.41, 5.74) is 6.89. The summed E-state index contributed by atoms with van der Waals surface area (Å²) in [5, 5.41) is 30.5. The van der Waals surface area contributed by atoms with Gasteiger partial charge in [-0.15, -0.1) is 0 Å². The Bertz CT molecular complexity index is 1310. The number of halogens is 9. The molecule has 21 heteroatoms. The molecule has 3 rings (SSSR count). The van der Waals surface area contributed by atoms with Gasteiger partial charge in [0.1, 0.15) is 12.4 Å². The number of fused-ring (bicyclic) bond motifs is 1. The number of anilines is 1. The van der Waals surface area contributed by atoms with E-state index >= 15 is 0 Å². The fourth-order valence-corrected chi connectivity index (χ4v) is 3.57. The van der Waals surface area contributed by atoms with Crippen LogP contribution in [0.15, 0.2) is 18.2 Å². The highest BCUT2D eigenvalue weighted by atomic mass is 19.4. The molecule has 1 fully saturated rings. The molecule has 1 heterocycles. The minimum absolute atomic E-state index is 0.103. The van der Waals surface area contributed by atoms with Crippen LogP contribution < -0.4 is 21.7 Å². The monoisotopic (exact) mass is 651 g/mol. The predicted octanol–water partition coefficient (Wildman–Crippen LogP) is 3.70. The number of carbonyl (C=O) groups excluding carboxylic acids is 1. The second kappa shape index (κ2) is 15.2. The Hall–Kier alpha value is -4.59. The van der Waals surface area contributed by atoms with Crippen molar-refractivity contribution in [3.8, 4) is 0 Å². The van der Waals surface area contributed by atoms with Crippen LogP contribution in [-0.4, -0.2) is 81.1 Å². The topological polar surface area (TPSA) is 203 Å². The smallest absolute Gasteiger partial charge is 0.475 e. The Labute approximate surface area is 241 Å². The van der Waals surface area contributed by atoms with Gasteiger partial charge < -0.3 is 31.9 Å². The molecule has 246 valence electrons.